The van der Waals surface area contributed by atoms with E-state index < -0.39 is 32.0 Å². The Balaban J connectivity index is 1.92. The van der Waals surface area contributed by atoms with E-state index in [1.165, 1.54) is 23.5 Å². The van der Waals surface area contributed by atoms with Crippen LogP contribution in [-0.2, 0) is 28.3 Å². The van der Waals surface area contributed by atoms with Crippen molar-refractivity contribution in [1.82, 2.24) is 33.9 Å². The number of halogens is 3. The van der Waals surface area contributed by atoms with Gasteiger partial charge in [-0.3, -0.25) is 9.13 Å². The van der Waals surface area contributed by atoms with Crippen LogP contribution in [0.5, 0.6) is 0 Å². The zero-order valence-electron chi connectivity index (χ0n) is 31.3. The highest BCUT2D eigenvalue weighted by molar-refractivity contribution is 7.77. The van der Waals surface area contributed by atoms with Crippen molar-refractivity contribution in [2.24, 2.45) is 0 Å². The van der Waals surface area contributed by atoms with Crippen molar-refractivity contribution in [1.29, 1.82) is 0 Å². The summed E-state index contributed by atoms with van der Waals surface area (Å²) in [5, 5.41) is 4.44. The zero-order chi connectivity index (χ0) is 38.1. The van der Waals surface area contributed by atoms with Gasteiger partial charge >= 0.3 is 12.2 Å². The summed E-state index contributed by atoms with van der Waals surface area (Å²) in [5.41, 5.74) is 1.26. The van der Waals surface area contributed by atoms with Gasteiger partial charge in [-0.25, -0.2) is 28.5 Å². The van der Waals surface area contributed by atoms with Crippen molar-refractivity contribution in [3.63, 3.8) is 0 Å². The number of urea groups is 1. The molecule has 0 unspecified atom stereocenters. The van der Waals surface area contributed by atoms with Crippen LogP contribution < -0.4 is 5.32 Å². The number of carbonyl (C=O) groups excluding carboxylic acids is 1. The average Bonchev–Trinajstić information content (AvgIpc) is 3.53. The maximum absolute atomic E-state index is 14.8. The van der Waals surface area contributed by atoms with Crippen LogP contribution in [0.15, 0.2) is 53.9 Å². The molecule has 0 fully saturated rings. The lowest BCUT2D eigenvalue weighted by molar-refractivity contribution is -0.137. The van der Waals surface area contributed by atoms with Crippen LogP contribution in [0.25, 0.3) is 11.1 Å². The molecule has 0 saturated heterocycles. The minimum absolute atomic E-state index is 0.0945. The quantitative estimate of drug-likeness (QED) is 0.101. The van der Waals surface area contributed by atoms with Crippen LogP contribution in [0.1, 0.15) is 59.8 Å². The third-order valence-electron chi connectivity index (χ3n) is 8.82. The molecule has 0 spiro atoms. The van der Waals surface area contributed by atoms with E-state index in [0.717, 1.165) is 37.3 Å². The number of carbonyl (C=O) groups is 1. The zero-order valence-corrected chi connectivity index (χ0v) is 33.9. The van der Waals surface area contributed by atoms with Gasteiger partial charge in [0.05, 0.1) is 11.3 Å². The molecule has 51 heavy (non-hydrogen) atoms. The van der Waals surface area contributed by atoms with Gasteiger partial charge in [-0.05, 0) is 85.6 Å². The third kappa shape index (κ3) is 10.3. The lowest BCUT2D eigenvalue weighted by atomic mass is 9.98. The first-order chi connectivity index (χ1) is 23.9. The van der Waals surface area contributed by atoms with Crippen molar-refractivity contribution in [2.75, 3.05) is 69.5 Å². The van der Waals surface area contributed by atoms with E-state index >= 15 is 0 Å². The third-order valence-corrected chi connectivity index (χ3v) is 18.3. The van der Waals surface area contributed by atoms with E-state index in [-0.39, 0.29) is 18.1 Å². The molecule has 10 nitrogen and oxygen atoms in total. The highest BCUT2D eigenvalue weighted by atomic mass is 32.1. The predicted molar refractivity (Wildman–Crippen MR) is 203 cm³/mol. The van der Waals surface area contributed by atoms with Crippen LogP contribution in [0.2, 0.25) is 0 Å². The maximum atomic E-state index is 14.8. The van der Waals surface area contributed by atoms with Crippen molar-refractivity contribution in [2.45, 2.75) is 57.1 Å². The highest BCUT2D eigenvalue weighted by Crippen LogP contribution is 2.79. The first-order valence-corrected chi connectivity index (χ1v) is 21.3. The fraction of sp³-hybridized carbons (Fsp3) is 0.543. The number of nitrogens with zero attached hydrogens (tertiary/aromatic N) is 6. The van der Waals surface area contributed by atoms with Crippen LogP contribution in [0.4, 0.5) is 18.0 Å². The van der Waals surface area contributed by atoms with Crippen LogP contribution in [0.3, 0.4) is 0 Å². The number of alkyl halides is 3. The Morgan fingerprint density at radius 2 is 1.41 bits per heavy atom. The minimum atomic E-state index is -4.48. The molecular formula is C35H54F3N7O3P2S. The number of hydrogen-bond donors (Lipinski definition) is 1. The monoisotopic (exact) mass is 771 g/mol. The molecule has 1 heterocycles. The van der Waals surface area contributed by atoms with Crippen molar-refractivity contribution < 1.29 is 27.1 Å². The van der Waals surface area contributed by atoms with Crippen molar-refractivity contribution >= 4 is 32.3 Å². The Kier molecular flexibility index (Phi) is 15.5. The van der Waals surface area contributed by atoms with Crippen LogP contribution in [0, 0.1) is 0 Å². The normalized spacial score (nSPS) is 12.9. The van der Waals surface area contributed by atoms with Gasteiger partial charge in [0, 0.05) is 31.4 Å². The molecule has 0 bridgehead atoms. The van der Waals surface area contributed by atoms with Crippen LogP contribution in [-0.4, -0.2) is 104 Å². The molecule has 0 atom stereocenters. The Hall–Kier alpha value is -2.57. The number of hydrogen-bond acceptors (Lipinski definition) is 5. The number of rotatable bonds is 18. The van der Waals surface area contributed by atoms with Gasteiger partial charge in [0.15, 0.2) is 5.40 Å². The van der Waals surface area contributed by atoms with E-state index in [1.54, 1.807) is 110 Å². The van der Waals surface area contributed by atoms with Gasteiger partial charge in [-0.15, -0.1) is 11.3 Å². The van der Waals surface area contributed by atoms with E-state index in [9.17, 15) is 27.1 Å². The lowest BCUT2D eigenvalue weighted by Gasteiger charge is -2.43. The van der Waals surface area contributed by atoms with Gasteiger partial charge in [0.2, 0.25) is 14.9 Å². The largest absolute Gasteiger partial charge is 0.417 e. The number of amides is 2. The van der Waals surface area contributed by atoms with E-state index in [4.69, 9.17) is 4.98 Å². The summed E-state index contributed by atoms with van der Waals surface area (Å²) in [6, 6.07) is 12.0. The molecule has 0 aliphatic carbocycles. The van der Waals surface area contributed by atoms with Crippen LogP contribution >= 0.6 is 26.2 Å². The van der Waals surface area contributed by atoms with Gasteiger partial charge in [-0.2, -0.15) is 13.2 Å². The molecule has 284 valence electrons. The Bertz CT molecular complexity index is 1610. The number of thiazole rings is 1. The summed E-state index contributed by atoms with van der Waals surface area (Å²) >= 11 is 1.31. The first-order valence-electron chi connectivity index (χ1n) is 17.0. The van der Waals surface area contributed by atoms with Gasteiger partial charge < -0.3 is 10.2 Å². The Labute approximate surface area is 306 Å². The second-order valence-electron chi connectivity index (χ2n) is 13.3. The van der Waals surface area contributed by atoms with E-state index in [2.05, 4.69) is 12.2 Å². The molecule has 0 saturated carbocycles. The maximum Gasteiger partial charge on any atom is 0.417 e. The van der Waals surface area contributed by atoms with Gasteiger partial charge in [-0.1, -0.05) is 68.7 Å². The smallest absolute Gasteiger partial charge is 0.338 e. The topological polar surface area (TPSA) is 92.3 Å². The lowest BCUT2D eigenvalue weighted by Crippen LogP contribution is -2.41. The molecule has 0 aliphatic rings. The molecule has 0 aliphatic heterocycles. The van der Waals surface area contributed by atoms with Gasteiger partial charge in [0.1, 0.15) is 5.01 Å². The molecule has 3 rings (SSSR count). The first kappa shape index (κ1) is 42.8. The number of aromatic nitrogens is 1. The minimum Gasteiger partial charge on any atom is -0.338 e. The van der Waals surface area contributed by atoms with Crippen molar-refractivity contribution in [3.05, 3.63) is 75.7 Å². The summed E-state index contributed by atoms with van der Waals surface area (Å²) in [6.07, 6.45) is -0.0770. The summed E-state index contributed by atoms with van der Waals surface area (Å²) in [5.74, 6) is 0. The summed E-state index contributed by atoms with van der Waals surface area (Å²) in [7, 11) is 6.89. The molecular weight excluding hydrogens is 717 g/mol. The Morgan fingerprint density at radius 1 is 0.843 bits per heavy atom. The second kappa shape index (κ2) is 18.5. The highest BCUT2D eigenvalue weighted by Gasteiger charge is 2.54. The van der Waals surface area contributed by atoms with Crippen molar-refractivity contribution in [3.8, 4) is 11.1 Å². The molecule has 1 N–H and O–H groups in total. The molecule has 1 aromatic heterocycles. The summed E-state index contributed by atoms with van der Waals surface area (Å²) < 4.78 is 77.1. The number of benzene rings is 2. The summed E-state index contributed by atoms with van der Waals surface area (Å²) in [4.78, 5) is 20.1. The number of unbranched alkanes of at least 4 members (excludes halogenated alkanes) is 3. The summed E-state index contributed by atoms with van der Waals surface area (Å²) in [6.45, 7) is 3.18. The molecule has 16 heteroatoms. The molecule has 0 radical (unpaired) electrons. The molecule has 3 aromatic rings. The standard InChI is InChI=1S/C35H54F3N7O3P2S/c1-10-11-12-15-23-39-34(46)45(25-27-18-20-28(21-19-27)30-16-13-14-17-31(30)35(36,37)38)24-22-29-26-51-32(40-29)33(49(47,41(2)3)42(4)5)50(48,43(6)7)44(8)9/h13-14,16-21,26,33H,10-12,15,22-25H2,1-9H3,(H,39,46). The Morgan fingerprint density at radius 3 is 1.94 bits per heavy atom. The second-order valence-corrected chi connectivity index (χ2v) is 21.2. The number of nitrogens with one attached hydrogen (secondary N) is 1. The SMILES string of the molecule is CCCCCCNC(=O)N(CCc1csc(C(P(=O)(N(C)C)N(C)C)P(=O)(N(C)C)N(C)C)n1)Cc1ccc(-c2ccccc2C(F)(F)F)cc1. The fourth-order valence-electron chi connectivity index (χ4n) is 5.98. The predicted octanol–water partition coefficient (Wildman–Crippen LogP) is 8.79. The molecule has 2 amide bonds. The van der Waals surface area contributed by atoms with Gasteiger partial charge in [0.25, 0.3) is 0 Å². The molecule has 2 aromatic carbocycles. The van der Waals surface area contributed by atoms with E-state index in [1.807, 2.05) is 5.38 Å². The average molecular weight is 772 g/mol. The fourth-order valence-corrected chi connectivity index (χ4v) is 15.8. The van der Waals surface area contributed by atoms with E-state index in [0.29, 0.717) is 35.8 Å².